The molecule has 172 valence electrons. The molecule has 3 heterocycles. The fourth-order valence-corrected chi connectivity index (χ4v) is 4.15. The smallest absolute Gasteiger partial charge is 0.221 e. The van der Waals surface area contributed by atoms with E-state index in [2.05, 4.69) is 21.3 Å². The standard InChI is InChI=1S/C24H31N3O5/c1-29-21-13-18(20-4-3-7-26-24(20)30-2)12-19(14-27-9-5-22(28)25-8-10-27)23(21)32-16-17-6-11-31-15-17/h3-4,7,12-13,17H,5-6,8-11,14-16H2,1-2H3,(H,25,28). The summed E-state index contributed by atoms with van der Waals surface area (Å²) in [5.41, 5.74) is 2.85. The van der Waals surface area contributed by atoms with E-state index in [0.717, 1.165) is 48.6 Å². The molecule has 8 heteroatoms. The molecule has 1 amide bonds. The SMILES string of the molecule is COc1cc(-c2cccnc2OC)cc(CN2CCNC(=O)CC2)c1OCC1CCOC1. The minimum absolute atomic E-state index is 0.0941. The number of nitrogens with one attached hydrogen (secondary N) is 1. The summed E-state index contributed by atoms with van der Waals surface area (Å²) in [7, 11) is 3.27. The topological polar surface area (TPSA) is 82.2 Å². The van der Waals surface area contributed by atoms with E-state index in [4.69, 9.17) is 18.9 Å². The molecule has 0 aliphatic carbocycles. The van der Waals surface area contributed by atoms with E-state index in [1.165, 1.54) is 0 Å². The number of aromatic nitrogens is 1. The molecule has 1 aromatic heterocycles. The highest BCUT2D eigenvalue weighted by Gasteiger charge is 2.23. The predicted molar refractivity (Wildman–Crippen MR) is 120 cm³/mol. The van der Waals surface area contributed by atoms with Crippen LogP contribution in [0.1, 0.15) is 18.4 Å². The van der Waals surface area contributed by atoms with Gasteiger partial charge < -0.3 is 24.3 Å². The highest BCUT2D eigenvalue weighted by Crippen LogP contribution is 2.39. The lowest BCUT2D eigenvalue weighted by atomic mass is 10.0. The second-order valence-corrected chi connectivity index (χ2v) is 8.14. The van der Waals surface area contributed by atoms with E-state index >= 15 is 0 Å². The van der Waals surface area contributed by atoms with Gasteiger partial charge in [0.05, 0.1) is 27.4 Å². The Balaban J connectivity index is 1.68. The highest BCUT2D eigenvalue weighted by atomic mass is 16.5. The van der Waals surface area contributed by atoms with Crippen molar-refractivity contribution in [3.05, 3.63) is 36.0 Å². The number of hydrogen-bond donors (Lipinski definition) is 1. The zero-order chi connectivity index (χ0) is 22.3. The average Bonchev–Trinajstić information content (AvgIpc) is 3.26. The van der Waals surface area contributed by atoms with Gasteiger partial charge in [-0.3, -0.25) is 9.69 Å². The van der Waals surface area contributed by atoms with E-state index in [9.17, 15) is 4.79 Å². The number of carbonyl (C=O) groups is 1. The molecule has 2 fully saturated rings. The Bertz CT molecular complexity index is 930. The van der Waals surface area contributed by atoms with E-state index in [-0.39, 0.29) is 5.91 Å². The summed E-state index contributed by atoms with van der Waals surface area (Å²) < 4.78 is 23.1. The number of rotatable bonds is 8. The van der Waals surface area contributed by atoms with Gasteiger partial charge in [0, 0.05) is 62.4 Å². The Morgan fingerprint density at radius 1 is 1.25 bits per heavy atom. The number of benzene rings is 1. The lowest BCUT2D eigenvalue weighted by molar-refractivity contribution is -0.120. The Labute approximate surface area is 188 Å². The van der Waals surface area contributed by atoms with Gasteiger partial charge in [0.15, 0.2) is 11.5 Å². The molecule has 2 aromatic rings. The van der Waals surface area contributed by atoms with Crippen molar-refractivity contribution >= 4 is 5.91 Å². The number of nitrogens with zero attached hydrogens (tertiary/aromatic N) is 2. The summed E-state index contributed by atoms with van der Waals surface area (Å²) in [5, 5.41) is 2.94. The Hall–Kier alpha value is -2.84. The van der Waals surface area contributed by atoms with Crippen LogP contribution < -0.4 is 19.5 Å². The normalized spacial score (nSPS) is 19.3. The first-order valence-electron chi connectivity index (χ1n) is 11.1. The number of amides is 1. The maximum atomic E-state index is 11.8. The van der Waals surface area contributed by atoms with Crippen LogP contribution in [0.2, 0.25) is 0 Å². The van der Waals surface area contributed by atoms with Crippen LogP contribution in [0, 0.1) is 5.92 Å². The number of ether oxygens (including phenoxy) is 4. The molecule has 0 spiro atoms. The maximum Gasteiger partial charge on any atom is 0.221 e. The van der Waals surface area contributed by atoms with Gasteiger partial charge in [0.1, 0.15) is 0 Å². The van der Waals surface area contributed by atoms with Crippen molar-refractivity contribution in [1.82, 2.24) is 15.2 Å². The molecule has 2 aliphatic heterocycles. The van der Waals surface area contributed by atoms with Crippen LogP contribution >= 0.6 is 0 Å². The number of pyridine rings is 1. The molecule has 2 aliphatic rings. The third kappa shape index (κ3) is 5.31. The van der Waals surface area contributed by atoms with Crippen molar-refractivity contribution in [3.63, 3.8) is 0 Å². The summed E-state index contributed by atoms with van der Waals surface area (Å²) in [6.07, 6.45) is 3.20. The number of methoxy groups -OCH3 is 2. The first-order chi connectivity index (χ1) is 15.7. The number of hydrogen-bond acceptors (Lipinski definition) is 7. The predicted octanol–water partition coefficient (Wildman–Crippen LogP) is 2.50. The van der Waals surface area contributed by atoms with E-state index in [0.29, 0.717) is 50.2 Å². The van der Waals surface area contributed by atoms with Crippen molar-refractivity contribution in [1.29, 1.82) is 0 Å². The van der Waals surface area contributed by atoms with Gasteiger partial charge in [0.2, 0.25) is 11.8 Å². The zero-order valence-electron chi connectivity index (χ0n) is 18.8. The van der Waals surface area contributed by atoms with Crippen LogP contribution in [-0.4, -0.2) is 69.5 Å². The van der Waals surface area contributed by atoms with Gasteiger partial charge in [-0.25, -0.2) is 4.98 Å². The summed E-state index contributed by atoms with van der Waals surface area (Å²) in [5.74, 6) is 2.45. The van der Waals surface area contributed by atoms with Crippen LogP contribution in [0.5, 0.6) is 17.4 Å². The summed E-state index contributed by atoms with van der Waals surface area (Å²) in [4.78, 5) is 18.4. The van der Waals surface area contributed by atoms with Crippen molar-refractivity contribution < 1.29 is 23.7 Å². The molecular weight excluding hydrogens is 410 g/mol. The Morgan fingerprint density at radius 3 is 2.94 bits per heavy atom. The van der Waals surface area contributed by atoms with Crippen LogP contribution in [0.4, 0.5) is 0 Å². The van der Waals surface area contributed by atoms with E-state index < -0.39 is 0 Å². The van der Waals surface area contributed by atoms with Crippen molar-refractivity contribution in [2.45, 2.75) is 19.4 Å². The van der Waals surface area contributed by atoms with E-state index in [1.54, 1.807) is 20.4 Å². The molecule has 1 unspecified atom stereocenters. The quantitative estimate of drug-likeness (QED) is 0.674. The second-order valence-electron chi connectivity index (χ2n) is 8.14. The summed E-state index contributed by atoms with van der Waals surface area (Å²) in [6, 6.07) is 7.95. The minimum atomic E-state index is 0.0941. The van der Waals surface area contributed by atoms with Crippen LogP contribution in [-0.2, 0) is 16.1 Å². The molecule has 0 saturated carbocycles. The van der Waals surface area contributed by atoms with Crippen LogP contribution in [0.15, 0.2) is 30.5 Å². The highest BCUT2D eigenvalue weighted by molar-refractivity contribution is 5.76. The molecule has 8 nitrogen and oxygen atoms in total. The fourth-order valence-electron chi connectivity index (χ4n) is 4.15. The maximum absolute atomic E-state index is 11.8. The molecule has 1 aromatic carbocycles. The largest absolute Gasteiger partial charge is 0.493 e. The zero-order valence-corrected chi connectivity index (χ0v) is 18.8. The van der Waals surface area contributed by atoms with Crippen LogP contribution in [0.25, 0.3) is 11.1 Å². The van der Waals surface area contributed by atoms with Crippen molar-refractivity contribution in [3.8, 4) is 28.5 Å². The van der Waals surface area contributed by atoms with Gasteiger partial charge in [-0.05, 0) is 36.2 Å². The van der Waals surface area contributed by atoms with Gasteiger partial charge in [-0.15, -0.1) is 0 Å². The second kappa shape index (κ2) is 10.7. The molecule has 0 bridgehead atoms. The monoisotopic (exact) mass is 441 g/mol. The Morgan fingerprint density at radius 2 is 2.16 bits per heavy atom. The molecule has 2 saturated heterocycles. The minimum Gasteiger partial charge on any atom is -0.493 e. The lowest BCUT2D eigenvalue weighted by Crippen LogP contribution is -2.28. The molecular formula is C24H31N3O5. The fraction of sp³-hybridized carbons (Fsp3) is 0.500. The molecule has 4 rings (SSSR count). The summed E-state index contributed by atoms with van der Waals surface area (Å²) in [6.45, 7) is 4.86. The lowest BCUT2D eigenvalue weighted by Gasteiger charge is -2.24. The van der Waals surface area contributed by atoms with Gasteiger partial charge in [0.25, 0.3) is 0 Å². The van der Waals surface area contributed by atoms with Gasteiger partial charge in [-0.1, -0.05) is 0 Å². The van der Waals surface area contributed by atoms with Gasteiger partial charge >= 0.3 is 0 Å². The molecule has 1 atom stereocenters. The van der Waals surface area contributed by atoms with Crippen LogP contribution in [0.3, 0.4) is 0 Å². The first-order valence-corrected chi connectivity index (χ1v) is 11.1. The first kappa shape index (κ1) is 22.4. The van der Waals surface area contributed by atoms with Crippen molar-refractivity contribution in [2.75, 3.05) is 53.7 Å². The van der Waals surface area contributed by atoms with Gasteiger partial charge in [-0.2, -0.15) is 0 Å². The van der Waals surface area contributed by atoms with Crippen molar-refractivity contribution in [2.24, 2.45) is 5.92 Å². The molecule has 0 radical (unpaired) electrons. The van der Waals surface area contributed by atoms with E-state index in [1.807, 2.05) is 18.2 Å². The number of carbonyl (C=O) groups excluding carboxylic acids is 1. The Kier molecular flexibility index (Phi) is 7.44. The average molecular weight is 442 g/mol. The summed E-state index contributed by atoms with van der Waals surface area (Å²) >= 11 is 0. The molecule has 1 N–H and O–H groups in total. The molecule has 32 heavy (non-hydrogen) atoms. The third-order valence-electron chi connectivity index (χ3n) is 5.91. The third-order valence-corrected chi connectivity index (χ3v) is 5.91.